The van der Waals surface area contributed by atoms with Gasteiger partial charge in [-0.1, -0.05) is 58.1 Å². The summed E-state index contributed by atoms with van der Waals surface area (Å²) in [5.41, 5.74) is 1.21. The van der Waals surface area contributed by atoms with Crippen LogP contribution in [-0.2, 0) is 9.53 Å². The average Bonchev–Trinajstić information content (AvgIpc) is 2.50. The third-order valence-electron chi connectivity index (χ3n) is 4.01. The minimum Gasteiger partial charge on any atom is -0.463 e. The molecule has 0 aliphatic heterocycles. The third-order valence-corrected chi connectivity index (χ3v) is 4.01. The molecule has 0 fully saturated rings. The van der Waals surface area contributed by atoms with E-state index in [1.165, 1.54) is 31.3 Å². The van der Waals surface area contributed by atoms with Crippen molar-refractivity contribution < 1.29 is 19.7 Å². The van der Waals surface area contributed by atoms with Crippen molar-refractivity contribution in [3.05, 3.63) is 11.6 Å². The van der Waals surface area contributed by atoms with Crippen LogP contribution in [0.25, 0.3) is 0 Å². The summed E-state index contributed by atoms with van der Waals surface area (Å²) in [5.74, 6) is 1.20. The number of rotatable bonds is 13. The highest BCUT2D eigenvalue weighted by Gasteiger charge is 2.07. The van der Waals surface area contributed by atoms with E-state index < -0.39 is 12.7 Å². The summed E-state index contributed by atoms with van der Waals surface area (Å²) in [6, 6.07) is 0. The summed E-state index contributed by atoms with van der Waals surface area (Å²) in [6.45, 7) is 8.37. The van der Waals surface area contributed by atoms with Crippen LogP contribution in [0, 0.1) is 11.8 Å². The maximum Gasteiger partial charge on any atom is 0.309 e. The maximum atomic E-state index is 11.5. The van der Waals surface area contributed by atoms with Gasteiger partial charge in [-0.05, 0) is 31.6 Å². The Hall–Kier alpha value is -0.870. The van der Waals surface area contributed by atoms with Crippen LogP contribution in [0.15, 0.2) is 11.6 Å². The molecule has 4 nitrogen and oxygen atoms in total. The maximum absolute atomic E-state index is 11.5. The molecule has 2 atom stereocenters. The fourth-order valence-corrected chi connectivity index (χ4v) is 2.41. The summed E-state index contributed by atoms with van der Waals surface area (Å²) < 4.78 is 4.86. The lowest BCUT2D eigenvalue weighted by atomic mass is 9.94. The molecule has 0 bridgehead atoms. The Balaban J connectivity index is 3.75. The summed E-state index contributed by atoms with van der Waals surface area (Å²) in [5, 5.41) is 17.7. The molecule has 0 aliphatic carbocycles. The standard InChI is InChI=1S/C19H36O4/c1-15(2)7-5-8-16(3)9-6-10-17(4)11-12-19(22)23-14-18(21)13-20/h11,15-16,18,20-21H,5-10,12-14H2,1-4H3/b17-11+. The lowest BCUT2D eigenvalue weighted by molar-refractivity contribution is -0.146. The van der Waals surface area contributed by atoms with Crippen molar-refractivity contribution >= 4 is 5.97 Å². The number of carbonyl (C=O) groups is 1. The van der Waals surface area contributed by atoms with Crippen molar-refractivity contribution in [2.45, 2.75) is 78.7 Å². The molecule has 0 heterocycles. The molecule has 0 aromatic carbocycles. The van der Waals surface area contributed by atoms with Crippen molar-refractivity contribution in [2.24, 2.45) is 11.8 Å². The predicted molar refractivity (Wildman–Crippen MR) is 94.1 cm³/mol. The van der Waals surface area contributed by atoms with Crippen LogP contribution in [-0.4, -0.2) is 35.5 Å². The van der Waals surface area contributed by atoms with Gasteiger partial charge in [0, 0.05) is 0 Å². The van der Waals surface area contributed by atoms with Gasteiger partial charge in [0.05, 0.1) is 13.0 Å². The van der Waals surface area contributed by atoms with Crippen LogP contribution >= 0.6 is 0 Å². The lowest BCUT2D eigenvalue weighted by Gasteiger charge is -2.12. The van der Waals surface area contributed by atoms with Crippen molar-refractivity contribution in [3.8, 4) is 0 Å². The number of esters is 1. The Labute approximate surface area is 141 Å². The topological polar surface area (TPSA) is 66.8 Å². The highest BCUT2D eigenvalue weighted by molar-refractivity contribution is 5.71. The molecule has 0 saturated carbocycles. The molecule has 0 spiro atoms. The van der Waals surface area contributed by atoms with E-state index in [0.717, 1.165) is 24.7 Å². The van der Waals surface area contributed by atoms with Crippen molar-refractivity contribution in [3.63, 3.8) is 0 Å². The number of aliphatic hydroxyl groups excluding tert-OH is 2. The molecule has 0 aromatic heterocycles. The molecular weight excluding hydrogens is 292 g/mol. The Morgan fingerprint density at radius 2 is 1.78 bits per heavy atom. The fourth-order valence-electron chi connectivity index (χ4n) is 2.41. The van der Waals surface area contributed by atoms with Crippen LogP contribution in [0.5, 0.6) is 0 Å². The van der Waals surface area contributed by atoms with E-state index in [1.54, 1.807) is 0 Å². The van der Waals surface area contributed by atoms with Crippen LogP contribution in [0.1, 0.15) is 72.6 Å². The Morgan fingerprint density at radius 3 is 2.39 bits per heavy atom. The van der Waals surface area contributed by atoms with E-state index in [1.807, 2.05) is 13.0 Å². The molecular formula is C19H36O4. The van der Waals surface area contributed by atoms with Gasteiger partial charge in [0.2, 0.25) is 0 Å². The molecule has 2 unspecified atom stereocenters. The quantitative estimate of drug-likeness (QED) is 0.398. The Morgan fingerprint density at radius 1 is 1.13 bits per heavy atom. The number of ether oxygens (including phenoxy) is 1. The summed E-state index contributed by atoms with van der Waals surface area (Å²) in [6.07, 6.45) is 8.49. The second kappa shape index (κ2) is 13.6. The van der Waals surface area contributed by atoms with E-state index in [-0.39, 0.29) is 19.0 Å². The number of hydrogen-bond acceptors (Lipinski definition) is 4. The second-order valence-corrected chi connectivity index (χ2v) is 7.10. The smallest absolute Gasteiger partial charge is 0.309 e. The van der Waals surface area contributed by atoms with Gasteiger partial charge in [-0.2, -0.15) is 0 Å². The van der Waals surface area contributed by atoms with Crippen LogP contribution in [0.3, 0.4) is 0 Å². The van der Waals surface area contributed by atoms with Gasteiger partial charge >= 0.3 is 5.97 Å². The monoisotopic (exact) mass is 328 g/mol. The summed E-state index contributed by atoms with van der Waals surface area (Å²) in [7, 11) is 0. The minimum absolute atomic E-state index is 0.143. The lowest BCUT2D eigenvalue weighted by Crippen LogP contribution is -2.21. The molecule has 23 heavy (non-hydrogen) atoms. The number of carbonyl (C=O) groups excluding carboxylic acids is 1. The normalized spacial score (nSPS) is 14.8. The van der Waals surface area contributed by atoms with Crippen molar-refractivity contribution in [1.82, 2.24) is 0 Å². The first-order valence-electron chi connectivity index (χ1n) is 8.95. The number of aliphatic hydroxyl groups is 2. The molecule has 0 rings (SSSR count). The highest BCUT2D eigenvalue weighted by Crippen LogP contribution is 2.19. The molecule has 4 heteroatoms. The van der Waals surface area contributed by atoms with Crippen LogP contribution < -0.4 is 0 Å². The SMILES string of the molecule is C/C(=C\CC(=O)OCC(O)CO)CCCC(C)CCCC(C)C. The largest absolute Gasteiger partial charge is 0.463 e. The molecule has 0 aromatic rings. The van der Waals surface area contributed by atoms with Gasteiger partial charge in [-0.15, -0.1) is 0 Å². The van der Waals surface area contributed by atoms with E-state index in [0.29, 0.717) is 0 Å². The zero-order chi connectivity index (χ0) is 17.7. The average molecular weight is 328 g/mol. The van der Waals surface area contributed by atoms with E-state index in [4.69, 9.17) is 14.9 Å². The molecule has 136 valence electrons. The number of hydrogen-bond donors (Lipinski definition) is 2. The van der Waals surface area contributed by atoms with Crippen molar-refractivity contribution in [2.75, 3.05) is 13.2 Å². The fraction of sp³-hybridized carbons (Fsp3) is 0.842. The first-order valence-corrected chi connectivity index (χ1v) is 8.95. The van der Waals surface area contributed by atoms with Gasteiger partial charge in [-0.3, -0.25) is 4.79 Å². The zero-order valence-electron chi connectivity index (χ0n) is 15.4. The van der Waals surface area contributed by atoms with Crippen LogP contribution in [0.4, 0.5) is 0 Å². The molecule has 0 radical (unpaired) electrons. The van der Waals surface area contributed by atoms with Crippen LogP contribution in [0.2, 0.25) is 0 Å². The van der Waals surface area contributed by atoms with E-state index >= 15 is 0 Å². The first kappa shape index (κ1) is 22.1. The highest BCUT2D eigenvalue weighted by atomic mass is 16.5. The Bertz CT molecular complexity index is 336. The molecule has 2 N–H and O–H groups in total. The van der Waals surface area contributed by atoms with Gasteiger partial charge in [-0.25, -0.2) is 0 Å². The van der Waals surface area contributed by atoms with E-state index in [2.05, 4.69) is 20.8 Å². The van der Waals surface area contributed by atoms with E-state index in [9.17, 15) is 4.79 Å². The summed E-state index contributed by atoms with van der Waals surface area (Å²) in [4.78, 5) is 11.5. The third kappa shape index (κ3) is 14.5. The summed E-state index contributed by atoms with van der Waals surface area (Å²) >= 11 is 0. The molecule has 0 amide bonds. The minimum atomic E-state index is -0.985. The second-order valence-electron chi connectivity index (χ2n) is 7.10. The van der Waals surface area contributed by atoms with Gasteiger partial charge < -0.3 is 14.9 Å². The van der Waals surface area contributed by atoms with Gasteiger partial charge in [0.25, 0.3) is 0 Å². The molecule has 0 aliphatic rings. The molecule has 0 saturated heterocycles. The van der Waals surface area contributed by atoms with Crippen molar-refractivity contribution in [1.29, 1.82) is 0 Å². The zero-order valence-corrected chi connectivity index (χ0v) is 15.4. The Kier molecular flexibility index (Phi) is 13.0. The van der Waals surface area contributed by atoms with Gasteiger partial charge in [0.1, 0.15) is 12.7 Å². The first-order chi connectivity index (χ1) is 10.8. The number of allylic oxidation sites excluding steroid dienone is 1. The predicted octanol–water partition coefficient (Wildman–Crippen LogP) is 3.85. The van der Waals surface area contributed by atoms with Gasteiger partial charge in [0.15, 0.2) is 0 Å².